The van der Waals surface area contributed by atoms with Gasteiger partial charge in [-0.3, -0.25) is 0 Å². The van der Waals surface area contributed by atoms with Crippen LogP contribution < -0.4 is 5.32 Å². The Bertz CT molecular complexity index is 172. The highest BCUT2D eigenvalue weighted by atomic mass is 14.9. The minimum Gasteiger partial charge on any atom is -0.388 e. The van der Waals surface area contributed by atoms with E-state index in [1.807, 2.05) is 6.08 Å². The van der Waals surface area contributed by atoms with Crippen molar-refractivity contribution in [2.45, 2.75) is 26.2 Å². The van der Waals surface area contributed by atoms with E-state index in [2.05, 4.69) is 25.4 Å². The predicted molar refractivity (Wildman–Crippen MR) is 49.3 cm³/mol. The molecule has 0 spiro atoms. The van der Waals surface area contributed by atoms with Crippen LogP contribution in [0.2, 0.25) is 0 Å². The smallest absolute Gasteiger partial charge is 0.0144 e. The molecule has 0 aromatic rings. The van der Waals surface area contributed by atoms with Crippen molar-refractivity contribution in [3.63, 3.8) is 0 Å². The number of nitrogens with one attached hydrogen (secondary N) is 1. The van der Waals surface area contributed by atoms with Gasteiger partial charge < -0.3 is 5.32 Å². The van der Waals surface area contributed by atoms with Crippen molar-refractivity contribution in [2.24, 2.45) is 5.41 Å². The molecule has 0 saturated carbocycles. The average Bonchev–Trinajstić information content (AvgIpc) is 1.96. The van der Waals surface area contributed by atoms with Crippen LogP contribution in [-0.2, 0) is 0 Å². The second-order valence-corrected chi connectivity index (χ2v) is 3.56. The van der Waals surface area contributed by atoms with Gasteiger partial charge in [-0.05, 0) is 19.3 Å². The molecule has 11 heavy (non-hydrogen) atoms. The summed E-state index contributed by atoms with van der Waals surface area (Å²) in [5.74, 6) is 0. The molecule has 0 unspecified atom stereocenters. The maximum absolute atomic E-state index is 4.03. The summed E-state index contributed by atoms with van der Waals surface area (Å²) in [5, 5.41) is 3.32. The summed E-state index contributed by atoms with van der Waals surface area (Å²) in [6, 6.07) is 0. The number of rotatable bonds is 2. The molecular weight excluding hydrogens is 134 g/mol. The molecule has 0 amide bonds. The van der Waals surface area contributed by atoms with E-state index in [-0.39, 0.29) is 5.41 Å². The normalized spacial score (nSPS) is 31.2. The zero-order chi connectivity index (χ0) is 8.32. The molecule has 1 N–H and O–H groups in total. The third kappa shape index (κ3) is 1.65. The van der Waals surface area contributed by atoms with Gasteiger partial charge >= 0.3 is 0 Å². The molecule has 0 aliphatic carbocycles. The summed E-state index contributed by atoms with van der Waals surface area (Å²) in [6.45, 7) is 11.1. The van der Waals surface area contributed by atoms with Crippen molar-refractivity contribution in [2.75, 3.05) is 6.54 Å². The minimum atomic E-state index is 0.264. The second-order valence-electron chi connectivity index (χ2n) is 3.56. The molecule has 1 heterocycles. The van der Waals surface area contributed by atoms with E-state index in [0.717, 1.165) is 13.0 Å². The van der Waals surface area contributed by atoms with Crippen LogP contribution in [0.4, 0.5) is 0 Å². The van der Waals surface area contributed by atoms with Crippen molar-refractivity contribution in [1.29, 1.82) is 0 Å². The van der Waals surface area contributed by atoms with Gasteiger partial charge in [0.25, 0.3) is 0 Å². The fraction of sp³-hybridized carbons (Fsp3) is 0.600. The van der Waals surface area contributed by atoms with E-state index in [1.54, 1.807) is 0 Å². The van der Waals surface area contributed by atoms with Crippen LogP contribution >= 0.6 is 0 Å². The summed E-state index contributed by atoms with van der Waals surface area (Å²) in [7, 11) is 0. The first-order valence-corrected chi connectivity index (χ1v) is 4.23. The van der Waals surface area contributed by atoms with E-state index < -0.39 is 0 Å². The monoisotopic (exact) mass is 151 g/mol. The van der Waals surface area contributed by atoms with Crippen molar-refractivity contribution in [3.05, 3.63) is 24.9 Å². The fourth-order valence-corrected chi connectivity index (χ4v) is 1.63. The molecule has 0 aromatic heterocycles. The van der Waals surface area contributed by atoms with Gasteiger partial charge in [0, 0.05) is 17.7 Å². The summed E-state index contributed by atoms with van der Waals surface area (Å²) in [4.78, 5) is 0. The van der Waals surface area contributed by atoms with Gasteiger partial charge in [0.2, 0.25) is 0 Å². The summed E-state index contributed by atoms with van der Waals surface area (Å²) < 4.78 is 0. The van der Waals surface area contributed by atoms with Gasteiger partial charge in [-0.1, -0.05) is 19.6 Å². The highest BCUT2D eigenvalue weighted by molar-refractivity contribution is 5.11. The first-order chi connectivity index (χ1) is 5.19. The third-order valence-corrected chi connectivity index (χ3v) is 2.57. The quantitative estimate of drug-likeness (QED) is 0.598. The average molecular weight is 151 g/mol. The van der Waals surface area contributed by atoms with Gasteiger partial charge in [0.1, 0.15) is 0 Å². The van der Waals surface area contributed by atoms with E-state index in [9.17, 15) is 0 Å². The van der Waals surface area contributed by atoms with Gasteiger partial charge in [-0.25, -0.2) is 0 Å². The molecule has 1 heteroatoms. The molecule has 1 aliphatic heterocycles. The second kappa shape index (κ2) is 3.12. The predicted octanol–water partition coefficient (Wildman–Crippen LogP) is 2.47. The SMILES string of the molecule is C=CC[C@]1(C)CCCNC1=C. The lowest BCUT2D eigenvalue weighted by molar-refractivity contribution is 0.301. The number of hydrogen-bond acceptors (Lipinski definition) is 1. The summed E-state index contributed by atoms with van der Waals surface area (Å²) in [5.41, 5.74) is 1.45. The van der Waals surface area contributed by atoms with Crippen LogP contribution in [0.3, 0.4) is 0 Å². The van der Waals surface area contributed by atoms with E-state index in [0.29, 0.717) is 0 Å². The molecule has 1 aliphatic rings. The van der Waals surface area contributed by atoms with Gasteiger partial charge in [-0.2, -0.15) is 0 Å². The Balaban J connectivity index is 2.64. The highest BCUT2D eigenvalue weighted by Gasteiger charge is 2.28. The molecular formula is C10H17N. The van der Waals surface area contributed by atoms with Crippen LogP contribution in [-0.4, -0.2) is 6.54 Å². The maximum Gasteiger partial charge on any atom is 0.0144 e. The first kappa shape index (κ1) is 8.38. The zero-order valence-electron chi connectivity index (χ0n) is 7.32. The van der Waals surface area contributed by atoms with Crippen LogP contribution in [0.5, 0.6) is 0 Å². The van der Waals surface area contributed by atoms with Crippen LogP contribution in [0, 0.1) is 5.41 Å². The molecule has 1 nitrogen and oxygen atoms in total. The summed E-state index contributed by atoms with van der Waals surface area (Å²) >= 11 is 0. The van der Waals surface area contributed by atoms with Crippen LogP contribution in [0.1, 0.15) is 26.2 Å². The fourth-order valence-electron chi connectivity index (χ4n) is 1.63. The standard InChI is InChI=1S/C10H17N/c1-4-6-10(3)7-5-8-11-9(10)2/h4,11H,1-2,5-8H2,3H3/t10-/m1/s1. The topological polar surface area (TPSA) is 12.0 Å². The maximum atomic E-state index is 4.03. The zero-order valence-corrected chi connectivity index (χ0v) is 7.32. The van der Waals surface area contributed by atoms with E-state index in [1.165, 1.54) is 18.5 Å². The minimum absolute atomic E-state index is 0.264. The molecule has 1 saturated heterocycles. The molecule has 62 valence electrons. The number of allylic oxidation sites excluding steroid dienone is 2. The van der Waals surface area contributed by atoms with Crippen LogP contribution in [0.25, 0.3) is 0 Å². The number of hydrogen-bond donors (Lipinski definition) is 1. The molecule has 1 rings (SSSR count). The Labute approximate surface area is 69.2 Å². The Morgan fingerprint density at radius 1 is 1.73 bits per heavy atom. The van der Waals surface area contributed by atoms with Crippen LogP contribution in [0.15, 0.2) is 24.9 Å². The van der Waals surface area contributed by atoms with Crippen molar-refractivity contribution in [3.8, 4) is 0 Å². The Morgan fingerprint density at radius 2 is 2.45 bits per heavy atom. The Hall–Kier alpha value is -0.720. The molecule has 0 aromatic carbocycles. The lowest BCUT2D eigenvalue weighted by atomic mass is 9.77. The highest BCUT2D eigenvalue weighted by Crippen LogP contribution is 2.36. The summed E-state index contributed by atoms with van der Waals surface area (Å²) in [6.07, 6.45) is 5.52. The third-order valence-electron chi connectivity index (χ3n) is 2.57. The van der Waals surface area contributed by atoms with Gasteiger partial charge in [0.15, 0.2) is 0 Å². The Morgan fingerprint density at radius 3 is 3.00 bits per heavy atom. The lowest BCUT2D eigenvalue weighted by Gasteiger charge is -2.35. The van der Waals surface area contributed by atoms with Gasteiger partial charge in [0.05, 0.1) is 0 Å². The molecule has 0 radical (unpaired) electrons. The largest absolute Gasteiger partial charge is 0.388 e. The van der Waals surface area contributed by atoms with E-state index >= 15 is 0 Å². The first-order valence-electron chi connectivity index (χ1n) is 4.23. The van der Waals surface area contributed by atoms with Crippen molar-refractivity contribution in [1.82, 2.24) is 5.32 Å². The molecule has 1 atom stereocenters. The lowest BCUT2D eigenvalue weighted by Crippen LogP contribution is -2.34. The molecule has 0 bridgehead atoms. The van der Waals surface area contributed by atoms with Crippen molar-refractivity contribution < 1.29 is 0 Å². The van der Waals surface area contributed by atoms with Crippen molar-refractivity contribution >= 4 is 0 Å². The molecule has 1 fully saturated rings. The Kier molecular flexibility index (Phi) is 2.38. The van der Waals surface area contributed by atoms with E-state index in [4.69, 9.17) is 0 Å². The number of piperidine rings is 1. The van der Waals surface area contributed by atoms with Gasteiger partial charge in [-0.15, -0.1) is 6.58 Å².